The summed E-state index contributed by atoms with van der Waals surface area (Å²) in [6.07, 6.45) is 5.35. The molecule has 1 atom stereocenters. The molecule has 3 aromatic carbocycles. The molecule has 0 spiro atoms. The molecule has 1 aliphatic rings. The molecule has 4 rings (SSSR count). The number of hydrogen-bond donors (Lipinski definition) is 1. The Balaban J connectivity index is 1.72. The average molecular weight is 738 g/mol. The highest BCUT2D eigenvalue weighted by molar-refractivity contribution is 14.1. The van der Waals surface area contributed by atoms with Gasteiger partial charge < -0.3 is 10.2 Å². The van der Waals surface area contributed by atoms with Gasteiger partial charge in [-0.15, -0.1) is 0 Å². The summed E-state index contributed by atoms with van der Waals surface area (Å²) in [7, 11) is -3.79. The highest BCUT2D eigenvalue weighted by atomic mass is 127. The first-order chi connectivity index (χ1) is 19.1. The summed E-state index contributed by atoms with van der Waals surface area (Å²) in [5, 5.41) is 3.18. The van der Waals surface area contributed by atoms with Crippen molar-refractivity contribution in [3.05, 3.63) is 98.0 Å². The van der Waals surface area contributed by atoms with Crippen LogP contribution in [0.4, 0.5) is 5.69 Å². The maximum absolute atomic E-state index is 14.1. The van der Waals surface area contributed by atoms with E-state index in [1.165, 1.54) is 4.90 Å². The number of amides is 2. The van der Waals surface area contributed by atoms with Crippen LogP contribution >= 0.6 is 38.5 Å². The van der Waals surface area contributed by atoms with Gasteiger partial charge in [-0.3, -0.25) is 13.9 Å². The third kappa shape index (κ3) is 8.53. The van der Waals surface area contributed by atoms with E-state index in [0.29, 0.717) is 12.1 Å². The van der Waals surface area contributed by atoms with Crippen molar-refractivity contribution in [2.45, 2.75) is 50.7 Å². The molecule has 1 aliphatic carbocycles. The van der Waals surface area contributed by atoms with Crippen LogP contribution in [0.1, 0.15) is 36.8 Å². The van der Waals surface area contributed by atoms with Crippen LogP contribution in [0, 0.1) is 3.57 Å². The van der Waals surface area contributed by atoms with Gasteiger partial charge in [0, 0.05) is 27.1 Å². The Hall–Kier alpha value is -2.44. The van der Waals surface area contributed by atoms with E-state index < -0.39 is 28.5 Å². The maximum Gasteiger partial charge on any atom is 0.244 e. The van der Waals surface area contributed by atoms with E-state index in [4.69, 9.17) is 0 Å². The second-order valence-electron chi connectivity index (χ2n) is 10.1. The summed E-state index contributed by atoms with van der Waals surface area (Å²) < 4.78 is 28.6. The minimum Gasteiger partial charge on any atom is -0.352 e. The van der Waals surface area contributed by atoms with E-state index in [1.54, 1.807) is 24.3 Å². The highest BCUT2D eigenvalue weighted by Gasteiger charge is 2.34. The fraction of sp³-hybridized carbons (Fsp3) is 0.333. The molecule has 1 saturated carbocycles. The van der Waals surface area contributed by atoms with Gasteiger partial charge in [0.25, 0.3) is 0 Å². The van der Waals surface area contributed by atoms with Crippen LogP contribution in [0.3, 0.4) is 0 Å². The zero-order valence-electron chi connectivity index (χ0n) is 22.3. The summed E-state index contributed by atoms with van der Waals surface area (Å²) in [4.78, 5) is 29.5. The van der Waals surface area contributed by atoms with Gasteiger partial charge in [0.15, 0.2) is 0 Å². The number of hydrogen-bond acceptors (Lipinski definition) is 4. The molecule has 0 aromatic heterocycles. The molecule has 0 aliphatic heterocycles. The second-order valence-corrected chi connectivity index (χ2v) is 14.2. The number of sulfonamides is 1. The van der Waals surface area contributed by atoms with Gasteiger partial charge in [-0.2, -0.15) is 0 Å². The molecule has 10 heteroatoms. The molecule has 0 saturated heterocycles. The molecule has 0 heterocycles. The van der Waals surface area contributed by atoms with Crippen molar-refractivity contribution in [2.75, 3.05) is 17.1 Å². The zero-order valence-corrected chi connectivity index (χ0v) is 26.9. The Bertz CT molecular complexity index is 1410. The van der Waals surface area contributed by atoms with Crippen molar-refractivity contribution in [1.82, 2.24) is 10.2 Å². The number of carbonyl (C=O) groups is 2. The Morgan fingerprint density at radius 3 is 2.25 bits per heavy atom. The van der Waals surface area contributed by atoms with Crippen LogP contribution in [-0.2, 0) is 32.6 Å². The second kappa shape index (κ2) is 14.0. The van der Waals surface area contributed by atoms with Crippen molar-refractivity contribution in [3.63, 3.8) is 0 Å². The molecule has 1 fully saturated rings. The number of benzene rings is 3. The molecule has 1 N–H and O–H groups in total. The lowest BCUT2D eigenvalue weighted by Gasteiger charge is -2.34. The molecule has 1 unspecified atom stereocenters. The fourth-order valence-corrected chi connectivity index (χ4v) is 6.63. The summed E-state index contributed by atoms with van der Waals surface area (Å²) in [6.45, 7) is -0.270. The normalized spacial score (nSPS) is 14.5. The van der Waals surface area contributed by atoms with Crippen LogP contribution in [0.15, 0.2) is 83.3 Å². The van der Waals surface area contributed by atoms with Crippen LogP contribution in [0.5, 0.6) is 0 Å². The lowest BCUT2D eigenvalue weighted by atomic mass is 10.0. The van der Waals surface area contributed by atoms with Crippen LogP contribution in [-0.4, -0.2) is 50.0 Å². The van der Waals surface area contributed by atoms with Gasteiger partial charge in [0.1, 0.15) is 12.6 Å². The molecular formula is C30H33BrIN3O4S. The Labute approximate surface area is 258 Å². The first-order valence-electron chi connectivity index (χ1n) is 13.2. The summed E-state index contributed by atoms with van der Waals surface area (Å²) in [5.41, 5.74) is 2.14. The summed E-state index contributed by atoms with van der Waals surface area (Å²) >= 11 is 5.65. The van der Waals surface area contributed by atoms with Gasteiger partial charge >= 0.3 is 0 Å². The highest BCUT2D eigenvalue weighted by Crippen LogP contribution is 2.23. The smallest absolute Gasteiger partial charge is 0.244 e. The molecular weight excluding hydrogens is 705 g/mol. The van der Waals surface area contributed by atoms with Crippen LogP contribution in [0.25, 0.3) is 0 Å². The predicted octanol–water partition coefficient (Wildman–Crippen LogP) is 5.52. The van der Waals surface area contributed by atoms with Gasteiger partial charge in [-0.1, -0.05) is 71.2 Å². The van der Waals surface area contributed by atoms with Crippen molar-refractivity contribution in [2.24, 2.45) is 0 Å². The van der Waals surface area contributed by atoms with E-state index >= 15 is 0 Å². The van der Waals surface area contributed by atoms with Gasteiger partial charge in [0.2, 0.25) is 21.8 Å². The van der Waals surface area contributed by atoms with E-state index in [2.05, 4.69) is 43.8 Å². The molecule has 0 radical (unpaired) electrons. The van der Waals surface area contributed by atoms with Gasteiger partial charge in [-0.05, 0) is 83.0 Å². The minimum atomic E-state index is -3.79. The van der Waals surface area contributed by atoms with E-state index in [0.717, 1.165) is 55.4 Å². The number of nitrogens with one attached hydrogen (secondary N) is 1. The molecule has 0 bridgehead atoms. The summed E-state index contributed by atoms with van der Waals surface area (Å²) in [6, 6.07) is 23.4. The van der Waals surface area contributed by atoms with Crippen molar-refractivity contribution in [1.29, 1.82) is 0 Å². The predicted molar refractivity (Wildman–Crippen MR) is 170 cm³/mol. The lowest BCUT2D eigenvalue weighted by Crippen LogP contribution is -2.54. The third-order valence-corrected chi connectivity index (χ3v) is 9.36. The number of carbonyl (C=O) groups excluding carboxylic acids is 2. The van der Waals surface area contributed by atoms with Gasteiger partial charge in [-0.25, -0.2) is 8.42 Å². The number of anilines is 1. The number of rotatable bonds is 11. The monoisotopic (exact) mass is 737 g/mol. The Kier molecular flexibility index (Phi) is 10.6. The van der Waals surface area contributed by atoms with Crippen molar-refractivity contribution in [3.8, 4) is 0 Å². The largest absolute Gasteiger partial charge is 0.352 e. The molecule has 7 nitrogen and oxygen atoms in total. The molecule has 2 amide bonds. The quantitative estimate of drug-likeness (QED) is 0.263. The third-order valence-electron chi connectivity index (χ3n) is 7.01. The van der Waals surface area contributed by atoms with Gasteiger partial charge in [0.05, 0.1) is 11.9 Å². The van der Waals surface area contributed by atoms with E-state index in [-0.39, 0.29) is 18.5 Å². The molecule has 3 aromatic rings. The molecule has 40 heavy (non-hydrogen) atoms. The first-order valence-corrected chi connectivity index (χ1v) is 16.9. The molecule has 212 valence electrons. The minimum absolute atomic E-state index is 0.0768. The van der Waals surface area contributed by atoms with Crippen molar-refractivity contribution >= 4 is 66.0 Å². The SMILES string of the molecule is CS(=O)(=O)N(CC(=O)N(Cc1cccc(Br)c1)C(Cc1ccccc1)C(=O)NC1CCCC1)c1ccc(I)cc1. The lowest BCUT2D eigenvalue weighted by molar-refractivity contribution is -0.140. The van der Waals surface area contributed by atoms with E-state index in [9.17, 15) is 18.0 Å². The standard InChI is InChI=1S/C30H33BrIN3O4S/c1-40(38,39)35(27-16-14-25(32)15-17-27)21-29(36)34(20-23-10-7-11-24(31)18-23)28(19-22-8-3-2-4-9-22)30(37)33-26-12-5-6-13-26/h2-4,7-11,14-18,26,28H,5-6,12-13,19-21H2,1H3,(H,33,37). The van der Waals surface area contributed by atoms with E-state index in [1.807, 2.05) is 54.6 Å². The zero-order chi connectivity index (χ0) is 28.7. The van der Waals surface area contributed by atoms with Crippen LogP contribution in [0.2, 0.25) is 0 Å². The fourth-order valence-electron chi connectivity index (χ4n) is 4.97. The Morgan fingerprint density at radius 2 is 1.62 bits per heavy atom. The topological polar surface area (TPSA) is 86.8 Å². The maximum atomic E-state index is 14.1. The van der Waals surface area contributed by atoms with Crippen LogP contribution < -0.4 is 9.62 Å². The van der Waals surface area contributed by atoms with Crippen molar-refractivity contribution < 1.29 is 18.0 Å². The number of halogens is 2. The number of nitrogens with zero attached hydrogens (tertiary/aromatic N) is 2. The first kappa shape index (κ1) is 30.5. The average Bonchev–Trinajstić information content (AvgIpc) is 3.43. The summed E-state index contributed by atoms with van der Waals surface area (Å²) in [5.74, 6) is -0.675. The Morgan fingerprint density at radius 1 is 0.975 bits per heavy atom.